The van der Waals surface area contributed by atoms with Crippen molar-refractivity contribution < 1.29 is 68.4 Å². The molecular formula is C49H53F3O12S. The minimum absolute atomic E-state index is 0.0573. The maximum absolute atomic E-state index is 14.4. The number of hydrogen-bond donors (Lipinski definition) is 0. The number of ether oxygens (including phenoxy) is 9. The minimum Gasteiger partial charge on any atom is -0.374 e. The maximum Gasteiger partial charge on any atom is 0.523 e. The first kappa shape index (κ1) is 48.4. The highest BCUT2D eigenvalue weighted by molar-refractivity contribution is 7.87. The van der Waals surface area contributed by atoms with Crippen LogP contribution in [0.15, 0.2) is 152 Å². The number of hydrogen-bond acceptors (Lipinski definition) is 12. The molecule has 2 saturated heterocycles. The summed E-state index contributed by atoms with van der Waals surface area (Å²) in [5.41, 5.74) is -2.00. The highest BCUT2D eigenvalue weighted by atomic mass is 32.2. The van der Waals surface area contributed by atoms with Gasteiger partial charge in [0, 0.05) is 7.11 Å². The number of benzene rings is 5. The first-order valence-electron chi connectivity index (χ1n) is 21.2. The first-order valence-corrected chi connectivity index (χ1v) is 22.6. The van der Waals surface area contributed by atoms with E-state index >= 15 is 0 Å². The molecule has 16 heteroatoms. The fraction of sp³-hybridized carbons (Fsp3) is 0.388. The summed E-state index contributed by atoms with van der Waals surface area (Å²) < 4.78 is 132. The Balaban J connectivity index is 1.29. The predicted octanol–water partition coefficient (Wildman–Crippen LogP) is 8.28. The van der Waals surface area contributed by atoms with E-state index in [0.29, 0.717) is 11.1 Å². The van der Waals surface area contributed by atoms with E-state index in [1.165, 1.54) is 7.11 Å². The molecule has 2 aliphatic heterocycles. The van der Waals surface area contributed by atoms with Crippen LogP contribution in [0.25, 0.3) is 0 Å². The molecule has 7 rings (SSSR count). The van der Waals surface area contributed by atoms with Crippen LogP contribution in [0.2, 0.25) is 0 Å². The Morgan fingerprint density at radius 2 is 0.877 bits per heavy atom. The van der Waals surface area contributed by atoms with E-state index in [9.17, 15) is 21.6 Å². The smallest absolute Gasteiger partial charge is 0.374 e. The lowest BCUT2D eigenvalue weighted by atomic mass is 9.96. The van der Waals surface area contributed by atoms with Crippen LogP contribution in [0.1, 0.15) is 34.7 Å². The zero-order chi connectivity index (χ0) is 45.7. The van der Waals surface area contributed by atoms with E-state index in [4.69, 9.17) is 46.8 Å². The van der Waals surface area contributed by atoms with Gasteiger partial charge in [0.05, 0.1) is 45.7 Å². The van der Waals surface area contributed by atoms with Gasteiger partial charge < -0.3 is 42.6 Å². The molecule has 0 N–H and O–H groups in total. The van der Waals surface area contributed by atoms with E-state index in [2.05, 4.69) is 0 Å². The summed E-state index contributed by atoms with van der Waals surface area (Å²) >= 11 is 0. The molecule has 0 unspecified atom stereocenters. The van der Waals surface area contributed by atoms with Crippen molar-refractivity contribution in [2.75, 3.05) is 13.7 Å². The topological polar surface area (TPSA) is 126 Å². The number of methoxy groups -OCH3 is 1. The lowest BCUT2D eigenvalue weighted by molar-refractivity contribution is -0.372. The fourth-order valence-electron chi connectivity index (χ4n) is 7.63. The van der Waals surface area contributed by atoms with Crippen LogP contribution in [-0.2, 0) is 90.0 Å². The fourth-order valence-corrected chi connectivity index (χ4v) is 8.23. The van der Waals surface area contributed by atoms with Gasteiger partial charge >= 0.3 is 15.6 Å². The summed E-state index contributed by atoms with van der Waals surface area (Å²) in [6.45, 7) is 1.66. The molecule has 2 aliphatic rings. The average Bonchev–Trinajstić information content (AvgIpc) is 3.32. The monoisotopic (exact) mass is 922 g/mol. The third-order valence-corrected chi connectivity index (χ3v) is 11.9. The zero-order valence-electron chi connectivity index (χ0n) is 35.9. The minimum atomic E-state index is -6.33. The van der Waals surface area contributed by atoms with Gasteiger partial charge in [0.15, 0.2) is 18.7 Å². The molecule has 5 aromatic rings. The highest BCUT2D eigenvalue weighted by Crippen LogP contribution is 2.38. The van der Waals surface area contributed by atoms with E-state index in [-0.39, 0.29) is 39.6 Å². The summed E-state index contributed by atoms with van der Waals surface area (Å²) in [5, 5.41) is 0. The van der Waals surface area contributed by atoms with Crippen LogP contribution in [0, 0.1) is 0 Å². The van der Waals surface area contributed by atoms with Gasteiger partial charge in [-0.05, 0) is 34.7 Å². The summed E-state index contributed by atoms with van der Waals surface area (Å²) in [5.74, 6) is 0. The Bertz CT molecular complexity index is 2250. The second-order valence-electron chi connectivity index (χ2n) is 15.6. The Morgan fingerprint density at radius 1 is 0.492 bits per heavy atom. The van der Waals surface area contributed by atoms with Crippen LogP contribution in [0.3, 0.4) is 0 Å². The van der Waals surface area contributed by atoms with Crippen LogP contribution >= 0.6 is 0 Å². The predicted molar refractivity (Wildman–Crippen MR) is 231 cm³/mol. The van der Waals surface area contributed by atoms with Crippen LogP contribution < -0.4 is 0 Å². The number of halogens is 3. The van der Waals surface area contributed by atoms with Gasteiger partial charge in [0.1, 0.15) is 36.6 Å². The van der Waals surface area contributed by atoms with Gasteiger partial charge in [-0.2, -0.15) is 21.6 Å². The third-order valence-electron chi connectivity index (χ3n) is 10.9. The van der Waals surface area contributed by atoms with Gasteiger partial charge in [-0.1, -0.05) is 152 Å². The molecular weight excluding hydrogens is 870 g/mol. The Hall–Kier alpha value is -4.56. The Kier molecular flexibility index (Phi) is 17.3. The molecule has 5 aromatic carbocycles. The third kappa shape index (κ3) is 13.3. The quantitative estimate of drug-likeness (QED) is 0.0520. The van der Waals surface area contributed by atoms with Crippen molar-refractivity contribution in [3.8, 4) is 0 Å². The van der Waals surface area contributed by atoms with Crippen molar-refractivity contribution in [1.82, 2.24) is 0 Å². The van der Waals surface area contributed by atoms with Crippen molar-refractivity contribution >= 4 is 10.1 Å². The molecule has 0 radical (unpaired) electrons. The molecule has 0 spiro atoms. The van der Waals surface area contributed by atoms with Crippen molar-refractivity contribution in [3.63, 3.8) is 0 Å². The SMILES string of the molecule is CO[C@@H]1O[C@@H](C)[C@H](OCc2ccccc2)[C@@H](OCc2ccccc2)[C@H]1O[C@@H]1O[C@H](COCc2ccccc2)[C@@H](OCc2ccccc2)[C@H](OCc2ccccc2)[C@H]1OS(=O)(=O)C(F)(F)F. The number of rotatable bonds is 21. The summed E-state index contributed by atoms with van der Waals surface area (Å²) in [7, 11) is -4.96. The molecule has 0 aromatic heterocycles. The van der Waals surface area contributed by atoms with Gasteiger partial charge in [-0.3, -0.25) is 4.18 Å². The Labute approximate surface area is 377 Å². The molecule has 12 nitrogen and oxygen atoms in total. The highest BCUT2D eigenvalue weighted by Gasteiger charge is 2.58. The first-order chi connectivity index (χ1) is 31.5. The number of alkyl halides is 3. The van der Waals surface area contributed by atoms with Gasteiger partial charge in [0.2, 0.25) is 0 Å². The van der Waals surface area contributed by atoms with Crippen molar-refractivity contribution in [2.24, 2.45) is 0 Å². The lowest BCUT2D eigenvalue weighted by Crippen LogP contribution is -2.66. The molecule has 65 heavy (non-hydrogen) atoms. The van der Waals surface area contributed by atoms with Gasteiger partial charge in [-0.15, -0.1) is 0 Å². The Morgan fingerprint density at radius 3 is 1.29 bits per heavy atom. The second kappa shape index (κ2) is 23.3. The second-order valence-corrected chi connectivity index (χ2v) is 17.2. The summed E-state index contributed by atoms with van der Waals surface area (Å²) in [6, 6.07) is 45.9. The molecule has 2 fully saturated rings. The van der Waals surface area contributed by atoms with Crippen LogP contribution in [0.4, 0.5) is 13.2 Å². The average molecular weight is 923 g/mol. The molecule has 2 heterocycles. The van der Waals surface area contributed by atoms with Crippen LogP contribution in [-0.4, -0.2) is 89.1 Å². The molecule has 0 amide bonds. The normalized spacial score (nSPS) is 26.2. The standard InChI is InChI=1S/C49H53F3O12S/c1-34-41(57-29-36-20-10-4-11-21-36)43(59-31-38-24-14-6-15-25-38)45(47(55-2)61-34)63-48-46(64-65(53,54)49(50,51)52)44(60-32-39-26-16-7-17-27-39)42(58-30-37-22-12-5-13-23-37)40(62-48)33-56-28-35-18-8-3-9-19-35/h3-27,34,40-48H,28-33H2,1-2H3/t34-,40+,41-,42+,43+,44-,45+,46+,47+,48-/m0/s1. The van der Waals surface area contributed by atoms with Crippen molar-refractivity contribution in [2.45, 2.75) is 107 Å². The van der Waals surface area contributed by atoms with Crippen LogP contribution in [0.5, 0.6) is 0 Å². The lowest BCUT2D eigenvalue weighted by Gasteiger charge is -2.49. The van der Waals surface area contributed by atoms with Gasteiger partial charge in [-0.25, -0.2) is 0 Å². The molecule has 0 aliphatic carbocycles. The maximum atomic E-state index is 14.4. The van der Waals surface area contributed by atoms with E-state index in [1.807, 2.05) is 97.1 Å². The summed E-state index contributed by atoms with van der Waals surface area (Å²) in [6.07, 6.45) is -13.2. The molecule has 10 atom stereocenters. The molecule has 0 bridgehead atoms. The molecule has 0 saturated carbocycles. The summed E-state index contributed by atoms with van der Waals surface area (Å²) in [4.78, 5) is 0. The zero-order valence-corrected chi connectivity index (χ0v) is 36.7. The van der Waals surface area contributed by atoms with E-state index in [1.54, 1.807) is 61.5 Å². The van der Waals surface area contributed by atoms with E-state index < -0.39 is 77.0 Å². The van der Waals surface area contributed by atoms with Crippen molar-refractivity contribution in [1.29, 1.82) is 0 Å². The van der Waals surface area contributed by atoms with Crippen molar-refractivity contribution in [3.05, 3.63) is 179 Å². The van der Waals surface area contributed by atoms with E-state index in [0.717, 1.165) is 16.7 Å². The largest absolute Gasteiger partial charge is 0.523 e. The van der Waals surface area contributed by atoms with Gasteiger partial charge in [0.25, 0.3) is 0 Å². The molecule has 348 valence electrons.